The van der Waals surface area contributed by atoms with Crippen molar-refractivity contribution in [1.82, 2.24) is 15.6 Å². The van der Waals surface area contributed by atoms with Gasteiger partial charge in [-0.15, -0.1) is 0 Å². The van der Waals surface area contributed by atoms with E-state index in [1.165, 1.54) is 12.3 Å². The first-order valence-electron chi connectivity index (χ1n) is 7.41. The van der Waals surface area contributed by atoms with Gasteiger partial charge in [-0.2, -0.15) is 13.2 Å². The average molecular weight is 325 g/mol. The van der Waals surface area contributed by atoms with Gasteiger partial charge >= 0.3 is 6.18 Å². The van der Waals surface area contributed by atoms with Crippen molar-refractivity contribution in [3.8, 4) is 0 Å². The molecule has 2 aromatic rings. The van der Waals surface area contributed by atoms with E-state index in [9.17, 15) is 18.0 Å². The van der Waals surface area contributed by atoms with Crippen LogP contribution in [0.2, 0.25) is 0 Å². The van der Waals surface area contributed by atoms with E-state index in [2.05, 4.69) is 15.6 Å². The van der Waals surface area contributed by atoms with E-state index in [4.69, 9.17) is 4.42 Å². The molecule has 4 rings (SSSR count). The predicted octanol–water partition coefficient (Wildman–Crippen LogP) is 2.33. The second-order valence-corrected chi connectivity index (χ2v) is 6.15. The molecular formula is C15H14F3N3O2. The van der Waals surface area contributed by atoms with Crippen LogP contribution in [-0.4, -0.2) is 29.5 Å². The maximum Gasteiger partial charge on any atom is 0.449 e. The van der Waals surface area contributed by atoms with Crippen LogP contribution in [0.3, 0.4) is 0 Å². The van der Waals surface area contributed by atoms with Crippen molar-refractivity contribution in [3.05, 3.63) is 29.8 Å². The van der Waals surface area contributed by atoms with Crippen molar-refractivity contribution in [2.24, 2.45) is 5.92 Å². The minimum atomic E-state index is -4.56. The van der Waals surface area contributed by atoms with Crippen molar-refractivity contribution in [1.29, 1.82) is 0 Å². The Labute approximate surface area is 129 Å². The number of alkyl halides is 3. The van der Waals surface area contributed by atoms with E-state index in [1.54, 1.807) is 0 Å². The minimum Gasteiger partial charge on any atom is -0.451 e. The SMILES string of the molecule is O=C(NC1CC2CNC1C2)c1cc2oc(C(F)(F)F)cc2cn1. The summed E-state index contributed by atoms with van der Waals surface area (Å²) in [5.74, 6) is -0.902. The highest BCUT2D eigenvalue weighted by Crippen LogP contribution is 2.34. The third-order valence-electron chi connectivity index (χ3n) is 4.56. The summed E-state index contributed by atoms with van der Waals surface area (Å²) in [5.41, 5.74) is 0.0619. The van der Waals surface area contributed by atoms with Gasteiger partial charge in [-0.3, -0.25) is 9.78 Å². The van der Waals surface area contributed by atoms with Crippen LogP contribution in [0.1, 0.15) is 29.1 Å². The molecule has 5 nitrogen and oxygen atoms in total. The highest BCUT2D eigenvalue weighted by Gasteiger charge is 2.40. The van der Waals surface area contributed by atoms with Gasteiger partial charge in [0.05, 0.1) is 0 Å². The molecule has 1 amide bonds. The van der Waals surface area contributed by atoms with Gasteiger partial charge in [0.2, 0.25) is 5.76 Å². The van der Waals surface area contributed by atoms with Crippen LogP contribution >= 0.6 is 0 Å². The number of fused-ring (bicyclic) bond motifs is 3. The van der Waals surface area contributed by atoms with Gasteiger partial charge in [0.1, 0.15) is 11.3 Å². The maximum atomic E-state index is 12.6. The van der Waals surface area contributed by atoms with Gasteiger partial charge in [-0.05, 0) is 31.4 Å². The third kappa shape index (κ3) is 2.56. The molecule has 3 heterocycles. The molecule has 2 N–H and O–H groups in total. The molecule has 23 heavy (non-hydrogen) atoms. The van der Waals surface area contributed by atoms with Gasteiger partial charge in [0.15, 0.2) is 0 Å². The first kappa shape index (κ1) is 14.5. The Morgan fingerprint density at radius 2 is 2.17 bits per heavy atom. The lowest BCUT2D eigenvalue weighted by Crippen LogP contribution is -2.48. The quantitative estimate of drug-likeness (QED) is 0.889. The molecule has 2 fully saturated rings. The van der Waals surface area contributed by atoms with Crippen molar-refractivity contribution in [2.75, 3.05) is 6.54 Å². The molecule has 3 unspecified atom stereocenters. The van der Waals surface area contributed by atoms with Crippen LogP contribution in [-0.2, 0) is 6.18 Å². The molecule has 0 radical (unpaired) electrons. The molecular weight excluding hydrogens is 311 g/mol. The number of pyridine rings is 1. The maximum absolute atomic E-state index is 12.6. The highest BCUT2D eigenvalue weighted by molar-refractivity contribution is 5.95. The fourth-order valence-corrected chi connectivity index (χ4v) is 3.45. The zero-order chi connectivity index (χ0) is 16.2. The van der Waals surface area contributed by atoms with Crippen LogP contribution < -0.4 is 10.6 Å². The van der Waals surface area contributed by atoms with Crippen LogP contribution in [0.5, 0.6) is 0 Å². The number of nitrogens with zero attached hydrogens (tertiary/aromatic N) is 1. The molecule has 2 bridgehead atoms. The van der Waals surface area contributed by atoms with Gasteiger partial charge in [-0.1, -0.05) is 0 Å². The lowest BCUT2D eigenvalue weighted by molar-refractivity contribution is -0.152. The number of hydrogen-bond donors (Lipinski definition) is 2. The first-order chi connectivity index (χ1) is 10.9. The van der Waals surface area contributed by atoms with Crippen LogP contribution in [0.25, 0.3) is 11.0 Å². The lowest BCUT2D eigenvalue weighted by atomic mass is 10.1. The molecule has 1 aliphatic heterocycles. The second kappa shape index (κ2) is 4.95. The normalized spacial score (nSPS) is 26.8. The third-order valence-corrected chi connectivity index (χ3v) is 4.56. The molecule has 0 spiro atoms. The summed E-state index contributed by atoms with van der Waals surface area (Å²) < 4.78 is 42.7. The number of carbonyl (C=O) groups excluding carboxylic acids is 1. The van der Waals surface area contributed by atoms with E-state index >= 15 is 0 Å². The smallest absolute Gasteiger partial charge is 0.449 e. The van der Waals surface area contributed by atoms with Gasteiger partial charge in [-0.25, -0.2) is 0 Å². The summed E-state index contributed by atoms with van der Waals surface area (Å²) in [7, 11) is 0. The van der Waals surface area contributed by atoms with Gasteiger partial charge in [0, 0.05) is 29.7 Å². The van der Waals surface area contributed by atoms with Crippen molar-refractivity contribution >= 4 is 16.9 Å². The molecule has 2 aromatic heterocycles. The number of halogens is 3. The lowest BCUT2D eigenvalue weighted by Gasteiger charge is -2.23. The molecule has 122 valence electrons. The van der Waals surface area contributed by atoms with E-state index in [1.807, 2.05) is 0 Å². The van der Waals surface area contributed by atoms with E-state index in [0.717, 1.165) is 25.5 Å². The Balaban J connectivity index is 1.55. The van der Waals surface area contributed by atoms with Crippen LogP contribution in [0.15, 0.2) is 22.7 Å². The first-order valence-corrected chi connectivity index (χ1v) is 7.41. The summed E-state index contributed by atoms with van der Waals surface area (Å²) >= 11 is 0. The molecule has 3 atom stereocenters. The topological polar surface area (TPSA) is 67.2 Å². The monoisotopic (exact) mass is 325 g/mol. The van der Waals surface area contributed by atoms with E-state index in [0.29, 0.717) is 5.92 Å². The van der Waals surface area contributed by atoms with Crippen LogP contribution in [0, 0.1) is 5.92 Å². The number of amides is 1. The summed E-state index contributed by atoms with van der Waals surface area (Å²) in [6.07, 6.45) is -1.37. The Kier molecular flexibility index (Phi) is 3.12. The average Bonchev–Trinajstić information content (AvgIpc) is 3.20. The fourth-order valence-electron chi connectivity index (χ4n) is 3.45. The van der Waals surface area contributed by atoms with Crippen LogP contribution in [0.4, 0.5) is 13.2 Å². The number of hydrogen-bond acceptors (Lipinski definition) is 4. The van der Waals surface area contributed by atoms with E-state index < -0.39 is 17.8 Å². The number of carbonyl (C=O) groups is 1. The molecule has 8 heteroatoms. The van der Waals surface area contributed by atoms with E-state index in [-0.39, 0.29) is 28.7 Å². The highest BCUT2D eigenvalue weighted by atomic mass is 19.4. The molecule has 1 saturated carbocycles. The number of piperidine rings is 1. The molecule has 2 aliphatic rings. The molecule has 1 saturated heterocycles. The second-order valence-electron chi connectivity index (χ2n) is 6.15. The van der Waals surface area contributed by atoms with Crippen molar-refractivity contribution in [3.63, 3.8) is 0 Å². The van der Waals surface area contributed by atoms with Crippen molar-refractivity contribution in [2.45, 2.75) is 31.1 Å². The Morgan fingerprint density at radius 3 is 2.83 bits per heavy atom. The number of aromatic nitrogens is 1. The Hall–Kier alpha value is -2.09. The number of furan rings is 1. The van der Waals surface area contributed by atoms with Crippen molar-refractivity contribution < 1.29 is 22.4 Å². The standard InChI is InChI=1S/C15H14F3N3O2/c16-15(17,18)13-3-8-6-20-11(4-12(8)23-13)14(22)21-10-2-7-1-9(10)19-5-7/h3-4,6-7,9-10,19H,1-2,5H2,(H,21,22). The summed E-state index contributed by atoms with van der Waals surface area (Å²) in [5, 5.41) is 6.45. The fraction of sp³-hybridized carbons (Fsp3) is 0.467. The van der Waals surface area contributed by atoms with Gasteiger partial charge in [0.25, 0.3) is 5.91 Å². The Bertz CT molecular complexity index is 771. The number of rotatable bonds is 2. The summed E-state index contributed by atoms with van der Waals surface area (Å²) in [6.45, 7) is 0.980. The minimum absolute atomic E-state index is 0.00328. The summed E-state index contributed by atoms with van der Waals surface area (Å²) in [6, 6.07) is 2.44. The Morgan fingerprint density at radius 1 is 1.35 bits per heavy atom. The zero-order valence-electron chi connectivity index (χ0n) is 12.0. The molecule has 1 aliphatic carbocycles. The largest absolute Gasteiger partial charge is 0.451 e. The zero-order valence-corrected chi connectivity index (χ0v) is 12.0. The van der Waals surface area contributed by atoms with Gasteiger partial charge < -0.3 is 15.1 Å². The number of nitrogens with one attached hydrogen (secondary N) is 2. The molecule has 0 aromatic carbocycles. The predicted molar refractivity (Wildman–Crippen MR) is 74.8 cm³/mol. The summed E-state index contributed by atoms with van der Waals surface area (Å²) in [4.78, 5) is 16.2.